The van der Waals surface area contributed by atoms with Crippen LogP contribution in [0.5, 0.6) is 0 Å². The molecular weight excluding hydrogens is 279 g/mol. The van der Waals surface area contributed by atoms with Gasteiger partial charge in [-0.1, -0.05) is 35.4 Å². The number of carbonyl (C=O) groups excluding carboxylic acids is 1. The average Bonchev–Trinajstić information content (AvgIpc) is 2.39. The zero-order valence-corrected chi connectivity index (χ0v) is 14.0. The summed E-state index contributed by atoms with van der Waals surface area (Å²) >= 11 is 0. The number of rotatable bonds is 3. The van der Waals surface area contributed by atoms with Gasteiger partial charge in [0.25, 0.3) is 0 Å². The van der Waals surface area contributed by atoms with Crippen molar-refractivity contribution >= 4 is 18.6 Å². The lowest BCUT2D eigenvalue weighted by Gasteiger charge is -2.11. The first-order valence-electron chi connectivity index (χ1n) is 6.98. The Labute approximate surface area is 127 Å². The van der Waals surface area contributed by atoms with E-state index in [9.17, 15) is 9.36 Å². The van der Waals surface area contributed by atoms with Gasteiger partial charge in [0, 0.05) is 10.9 Å². The Morgan fingerprint density at radius 1 is 0.810 bits per heavy atom. The van der Waals surface area contributed by atoms with Gasteiger partial charge < -0.3 is 0 Å². The quantitative estimate of drug-likeness (QED) is 0.781. The van der Waals surface area contributed by atoms with E-state index in [-0.39, 0.29) is 5.52 Å². The van der Waals surface area contributed by atoms with Gasteiger partial charge >= 0.3 is 0 Å². The minimum Gasteiger partial charge on any atom is -0.281 e. The Morgan fingerprint density at radius 2 is 1.38 bits per heavy atom. The van der Waals surface area contributed by atoms with Crippen LogP contribution in [0.1, 0.15) is 38.2 Å². The molecule has 0 N–H and O–H groups in total. The standard InChI is InChI=1S/C18H20O2P/c1-11-6-7-13(3)16(10-11)21(20)18(19)17-14(4)8-12(2)9-15(17)5/h6-10H,1-5H3. The smallest absolute Gasteiger partial charge is 0.247 e. The van der Waals surface area contributed by atoms with Crippen LogP contribution in [0.15, 0.2) is 30.3 Å². The van der Waals surface area contributed by atoms with E-state index < -0.39 is 7.80 Å². The number of aryl methyl sites for hydroxylation is 5. The van der Waals surface area contributed by atoms with Crippen molar-refractivity contribution < 1.29 is 9.36 Å². The lowest BCUT2D eigenvalue weighted by Crippen LogP contribution is -2.10. The molecule has 1 unspecified atom stereocenters. The van der Waals surface area contributed by atoms with Crippen molar-refractivity contribution in [3.63, 3.8) is 0 Å². The summed E-state index contributed by atoms with van der Waals surface area (Å²) in [5, 5.41) is 0.648. The van der Waals surface area contributed by atoms with Gasteiger partial charge in [-0.15, -0.1) is 0 Å². The van der Waals surface area contributed by atoms with Crippen LogP contribution in [0.2, 0.25) is 0 Å². The maximum Gasteiger partial charge on any atom is 0.247 e. The van der Waals surface area contributed by atoms with Gasteiger partial charge in [-0.05, 0) is 57.4 Å². The highest BCUT2D eigenvalue weighted by Crippen LogP contribution is 2.31. The highest BCUT2D eigenvalue weighted by molar-refractivity contribution is 7.71. The molecule has 2 nitrogen and oxygen atoms in total. The second-order valence-corrected chi connectivity index (χ2v) is 7.14. The molecule has 2 rings (SSSR count). The predicted molar refractivity (Wildman–Crippen MR) is 88.1 cm³/mol. The lowest BCUT2D eigenvalue weighted by molar-refractivity contribution is 0.107. The third kappa shape index (κ3) is 3.11. The summed E-state index contributed by atoms with van der Waals surface area (Å²) in [6, 6.07) is 9.67. The first kappa shape index (κ1) is 15.6. The van der Waals surface area contributed by atoms with E-state index >= 15 is 0 Å². The molecular formula is C18H20O2P. The van der Waals surface area contributed by atoms with Crippen LogP contribution in [0.4, 0.5) is 0 Å². The van der Waals surface area contributed by atoms with Crippen LogP contribution >= 0.6 is 7.80 Å². The number of hydrogen-bond acceptors (Lipinski definition) is 2. The fourth-order valence-electron chi connectivity index (χ4n) is 2.67. The second kappa shape index (κ2) is 5.91. The molecule has 3 heteroatoms. The van der Waals surface area contributed by atoms with Gasteiger partial charge in [0.2, 0.25) is 5.52 Å². The fraction of sp³-hybridized carbons (Fsp3) is 0.278. The van der Waals surface area contributed by atoms with Crippen molar-refractivity contribution in [1.82, 2.24) is 0 Å². The molecule has 1 radical (unpaired) electrons. The summed E-state index contributed by atoms with van der Waals surface area (Å²) in [5.41, 5.74) is 5.15. The van der Waals surface area contributed by atoms with E-state index in [1.54, 1.807) is 0 Å². The number of benzene rings is 2. The van der Waals surface area contributed by atoms with Crippen molar-refractivity contribution in [3.05, 3.63) is 63.7 Å². The molecule has 0 aliphatic carbocycles. The monoisotopic (exact) mass is 299 g/mol. The average molecular weight is 299 g/mol. The summed E-state index contributed by atoms with van der Waals surface area (Å²) < 4.78 is 12.7. The van der Waals surface area contributed by atoms with Gasteiger partial charge in [-0.25, -0.2) is 0 Å². The van der Waals surface area contributed by atoms with Gasteiger partial charge in [-0.3, -0.25) is 9.36 Å². The zero-order chi connectivity index (χ0) is 15.7. The van der Waals surface area contributed by atoms with Gasteiger partial charge in [0.15, 0.2) is 7.80 Å². The van der Waals surface area contributed by atoms with Gasteiger partial charge in [-0.2, -0.15) is 0 Å². The van der Waals surface area contributed by atoms with E-state index in [1.165, 1.54) is 0 Å². The second-order valence-electron chi connectivity index (χ2n) is 5.66. The van der Waals surface area contributed by atoms with E-state index in [1.807, 2.05) is 65.0 Å². The zero-order valence-electron chi connectivity index (χ0n) is 13.2. The molecule has 0 aliphatic heterocycles. The first-order valence-corrected chi connectivity index (χ1v) is 8.24. The van der Waals surface area contributed by atoms with Crippen LogP contribution in [0.3, 0.4) is 0 Å². The molecule has 109 valence electrons. The van der Waals surface area contributed by atoms with Gasteiger partial charge in [0.05, 0.1) is 0 Å². The molecule has 0 saturated carbocycles. The summed E-state index contributed by atoms with van der Waals surface area (Å²) in [5.74, 6) is 0. The third-order valence-electron chi connectivity index (χ3n) is 3.66. The number of carbonyl (C=O) groups is 1. The highest BCUT2D eigenvalue weighted by atomic mass is 31.1. The Hall–Kier alpha value is -1.79. The Balaban J connectivity index is 2.50. The van der Waals surface area contributed by atoms with Crippen LogP contribution < -0.4 is 5.30 Å². The predicted octanol–water partition coefficient (Wildman–Crippen LogP) is 4.52. The van der Waals surface area contributed by atoms with Crippen LogP contribution in [0, 0.1) is 34.6 Å². The van der Waals surface area contributed by atoms with Crippen molar-refractivity contribution in [2.75, 3.05) is 0 Å². The Bertz CT molecular complexity index is 722. The maximum absolute atomic E-state index is 12.7. The van der Waals surface area contributed by atoms with E-state index in [0.717, 1.165) is 27.8 Å². The normalized spacial score (nSPS) is 11.4. The molecule has 0 aromatic heterocycles. The van der Waals surface area contributed by atoms with Crippen molar-refractivity contribution in [3.8, 4) is 0 Å². The van der Waals surface area contributed by atoms with Crippen molar-refractivity contribution in [1.29, 1.82) is 0 Å². The molecule has 0 heterocycles. The molecule has 2 aromatic rings. The molecule has 21 heavy (non-hydrogen) atoms. The summed E-state index contributed by atoms with van der Waals surface area (Å²) in [7, 11) is -2.08. The summed E-state index contributed by atoms with van der Waals surface area (Å²) in [6.45, 7) is 9.64. The Morgan fingerprint density at radius 3 is 1.95 bits per heavy atom. The van der Waals surface area contributed by atoms with E-state index in [4.69, 9.17) is 0 Å². The van der Waals surface area contributed by atoms with E-state index in [2.05, 4.69) is 0 Å². The minimum absolute atomic E-state index is 0.270. The molecule has 0 amide bonds. The van der Waals surface area contributed by atoms with Crippen LogP contribution in [-0.4, -0.2) is 5.52 Å². The minimum atomic E-state index is -2.08. The fourth-order valence-corrected chi connectivity index (χ4v) is 4.16. The SMILES string of the molecule is Cc1cc(C)c(C(=O)[P](=O)c2cc(C)ccc2C)c(C)c1. The molecule has 0 aliphatic rings. The number of hydrogen-bond donors (Lipinski definition) is 0. The molecule has 0 spiro atoms. The van der Waals surface area contributed by atoms with Crippen molar-refractivity contribution in [2.45, 2.75) is 34.6 Å². The van der Waals surface area contributed by atoms with Crippen LogP contribution in [0.25, 0.3) is 0 Å². The van der Waals surface area contributed by atoms with E-state index in [0.29, 0.717) is 10.9 Å². The topological polar surface area (TPSA) is 34.1 Å². The molecule has 0 saturated heterocycles. The first-order chi connectivity index (χ1) is 9.81. The van der Waals surface area contributed by atoms with Gasteiger partial charge in [0.1, 0.15) is 0 Å². The lowest BCUT2D eigenvalue weighted by atomic mass is 10.0. The van der Waals surface area contributed by atoms with Crippen molar-refractivity contribution in [2.24, 2.45) is 0 Å². The molecule has 0 fully saturated rings. The molecule has 0 bridgehead atoms. The summed E-state index contributed by atoms with van der Waals surface area (Å²) in [6.07, 6.45) is 0. The van der Waals surface area contributed by atoms with Crippen LogP contribution in [-0.2, 0) is 4.57 Å². The molecule has 2 aromatic carbocycles. The highest BCUT2D eigenvalue weighted by Gasteiger charge is 2.22. The molecule has 1 atom stereocenters. The Kier molecular flexibility index (Phi) is 4.39. The maximum atomic E-state index is 12.7. The summed E-state index contributed by atoms with van der Waals surface area (Å²) in [4.78, 5) is 12.7. The third-order valence-corrected chi connectivity index (χ3v) is 5.17. The largest absolute Gasteiger partial charge is 0.281 e.